The van der Waals surface area contributed by atoms with Crippen LogP contribution in [-0.2, 0) is 23.7 Å². The average Bonchev–Trinajstić information content (AvgIpc) is 3.48. The fraction of sp³-hybridized carbons (Fsp3) is 0.780. The second kappa shape index (κ2) is 15.4. The number of carbonyl (C=O) groups is 1. The first kappa shape index (κ1) is 40.2. The molecule has 1 aromatic rings. The van der Waals surface area contributed by atoms with E-state index in [9.17, 15) is 40.5 Å². The Kier molecular flexibility index (Phi) is 11.5. The van der Waals surface area contributed by atoms with E-state index in [-0.39, 0.29) is 34.6 Å². The summed E-state index contributed by atoms with van der Waals surface area (Å²) in [5, 5.41) is 72.4. The van der Waals surface area contributed by atoms with E-state index in [1.54, 1.807) is 14.0 Å². The van der Waals surface area contributed by atoms with Gasteiger partial charge < -0.3 is 59.4 Å². The Balaban J connectivity index is 1.03. The largest absolute Gasteiger partial charge is 0.497 e. The van der Waals surface area contributed by atoms with E-state index in [4.69, 9.17) is 23.7 Å². The van der Waals surface area contributed by atoms with Crippen molar-refractivity contribution in [3.05, 3.63) is 41.0 Å². The van der Waals surface area contributed by atoms with E-state index >= 15 is 0 Å². The predicted molar refractivity (Wildman–Crippen MR) is 193 cm³/mol. The van der Waals surface area contributed by atoms with Gasteiger partial charge in [0.15, 0.2) is 12.6 Å². The standard InChI is InChI=1S/C41H60O13/c1-19-6-8-22(50-5)15-25(19)26-16-28-24-9-7-21-14-23(10-12-40(21,3)27(24)11-13-41(28,4)31(26)20(2)43)52-39-37(49)35(47)33(45)30(54-39)18-51-38-36(48)34(46)32(44)29(17-42)53-38/h6-8,15,23-24,26-39,42,44-49H,9-14,16-18H2,1-5H3/t23?,24?,26?,27?,28?,29-,30-,31?,32-,33-,34+,35+,36-,37-,38-,39?,40?,41?/m1/s1. The molecule has 3 saturated carbocycles. The number of ether oxygens (including phenoxy) is 5. The molecule has 13 heteroatoms. The molecule has 0 radical (unpaired) electrons. The number of aliphatic hydroxyl groups is 7. The van der Waals surface area contributed by atoms with Crippen LogP contribution in [0.25, 0.3) is 0 Å². The summed E-state index contributed by atoms with van der Waals surface area (Å²) in [6.45, 7) is 7.62. The van der Waals surface area contributed by atoms with Crippen LogP contribution in [0, 0.1) is 41.4 Å². The van der Waals surface area contributed by atoms with Crippen molar-refractivity contribution in [1.29, 1.82) is 0 Å². The van der Waals surface area contributed by atoms with Gasteiger partial charge in [-0.3, -0.25) is 4.79 Å². The molecule has 54 heavy (non-hydrogen) atoms. The number of aliphatic hydroxyl groups excluding tert-OH is 7. The zero-order chi connectivity index (χ0) is 38.9. The molecule has 13 nitrogen and oxygen atoms in total. The van der Waals surface area contributed by atoms with Crippen LogP contribution in [0.4, 0.5) is 0 Å². The summed E-state index contributed by atoms with van der Waals surface area (Å²) in [7, 11) is 1.69. The van der Waals surface area contributed by atoms with Crippen molar-refractivity contribution in [2.24, 2.45) is 34.5 Å². The van der Waals surface area contributed by atoms with E-state index < -0.39 is 74.6 Å². The minimum absolute atomic E-state index is 0.0384. The molecule has 18 atom stereocenters. The highest BCUT2D eigenvalue weighted by molar-refractivity contribution is 5.81. The SMILES string of the molecule is COc1ccc(C)c(C2CC3C4CC=C5CC(OC6O[C@H](CO[C@@H]7O[C@H](CO)[C@@H](O)[C@H](O)[C@H]7O)[C@@H](O)[C@H](O)[C@H]6O)CCC5(C)C4CCC3(C)C2C(C)=O)c1. The molecule has 0 bridgehead atoms. The van der Waals surface area contributed by atoms with E-state index in [0.717, 1.165) is 37.9 Å². The van der Waals surface area contributed by atoms with Crippen molar-refractivity contribution in [2.75, 3.05) is 20.3 Å². The highest BCUT2D eigenvalue weighted by Gasteiger charge is 2.62. The summed E-state index contributed by atoms with van der Waals surface area (Å²) in [6.07, 6.45) is -6.36. The van der Waals surface area contributed by atoms with Gasteiger partial charge in [0.05, 0.1) is 26.4 Å². The summed E-state index contributed by atoms with van der Waals surface area (Å²) < 4.78 is 28.9. The topological polar surface area (TPSA) is 205 Å². The number of hydrogen-bond acceptors (Lipinski definition) is 13. The third-order valence-electron chi connectivity index (χ3n) is 14.7. The summed E-state index contributed by atoms with van der Waals surface area (Å²) in [5.74, 6) is 2.53. The number of aryl methyl sites for hydroxylation is 1. The van der Waals surface area contributed by atoms with Gasteiger partial charge in [-0.15, -0.1) is 0 Å². The van der Waals surface area contributed by atoms with Gasteiger partial charge in [0.25, 0.3) is 0 Å². The molecule has 7 rings (SSSR count). The van der Waals surface area contributed by atoms with Crippen LogP contribution in [0.2, 0.25) is 0 Å². The first-order valence-corrected chi connectivity index (χ1v) is 19.7. The van der Waals surface area contributed by atoms with Gasteiger partial charge in [0.1, 0.15) is 60.4 Å². The highest BCUT2D eigenvalue weighted by Crippen LogP contribution is 2.69. The number of methoxy groups -OCH3 is 1. The maximum Gasteiger partial charge on any atom is 0.186 e. The number of fused-ring (bicyclic) bond motifs is 5. The van der Waals surface area contributed by atoms with Crippen molar-refractivity contribution >= 4 is 5.78 Å². The third kappa shape index (κ3) is 6.78. The molecular formula is C41H60O13. The number of ketones is 1. The van der Waals surface area contributed by atoms with Crippen LogP contribution >= 0.6 is 0 Å². The van der Waals surface area contributed by atoms with Crippen LogP contribution < -0.4 is 4.74 Å². The van der Waals surface area contributed by atoms with E-state index in [2.05, 4.69) is 39.0 Å². The lowest BCUT2D eigenvalue weighted by molar-refractivity contribution is -0.336. The van der Waals surface area contributed by atoms with Crippen molar-refractivity contribution in [3.63, 3.8) is 0 Å². The van der Waals surface area contributed by atoms with Crippen LogP contribution in [0.3, 0.4) is 0 Å². The van der Waals surface area contributed by atoms with Crippen LogP contribution in [0.15, 0.2) is 29.8 Å². The van der Waals surface area contributed by atoms with Crippen LogP contribution in [-0.4, -0.2) is 129 Å². The molecule has 0 amide bonds. The monoisotopic (exact) mass is 760 g/mol. The molecule has 6 aliphatic rings. The minimum Gasteiger partial charge on any atom is -0.497 e. The number of Topliss-reactive ketones (excluding diaryl/α,β-unsaturated/α-hetero) is 1. The van der Waals surface area contributed by atoms with E-state index in [0.29, 0.717) is 30.6 Å². The Bertz CT molecular complexity index is 1550. The summed E-state index contributed by atoms with van der Waals surface area (Å²) in [6, 6.07) is 6.23. The number of carbonyl (C=O) groups excluding carboxylic acids is 1. The molecule has 0 spiro atoms. The van der Waals surface area contributed by atoms with E-state index in [1.165, 1.54) is 16.7 Å². The zero-order valence-electron chi connectivity index (χ0n) is 32.0. The van der Waals surface area contributed by atoms with Crippen molar-refractivity contribution in [1.82, 2.24) is 0 Å². The lowest BCUT2D eigenvalue weighted by Gasteiger charge is -2.58. The van der Waals surface area contributed by atoms with Gasteiger partial charge in [-0.1, -0.05) is 31.6 Å². The molecule has 1 aromatic carbocycles. The molecule has 2 aliphatic heterocycles. The summed E-state index contributed by atoms with van der Waals surface area (Å²) in [5.41, 5.74) is 3.63. The number of allylic oxidation sites excluding steroid dienone is 1. The molecular weight excluding hydrogens is 700 g/mol. The molecule has 9 unspecified atom stereocenters. The highest BCUT2D eigenvalue weighted by atomic mass is 16.7. The molecule has 2 saturated heterocycles. The minimum atomic E-state index is -1.65. The summed E-state index contributed by atoms with van der Waals surface area (Å²) >= 11 is 0. The fourth-order valence-electron chi connectivity index (χ4n) is 11.7. The van der Waals surface area contributed by atoms with Crippen molar-refractivity contribution in [3.8, 4) is 5.75 Å². The van der Waals surface area contributed by atoms with Gasteiger partial charge >= 0.3 is 0 Å². The van der Waals surface area contributed by atoms with Crippen molar-refractivity contribution < 1.29 is 64.2 Å². The van der Waals surface area contributed by atoms with Crippen LogP contribution in [0.1, 0.15) is 82.8 Å². The molecule has 302 valence electrons. The molecule has 2 heterocycles. The Morgan fingerprint density at radius 2 is 1.57 bits per heavy atom. The predicted octanol–water partition coefficient (Wildman–Crippen LogP) is 1.87. The zero-order valence-corrected chi connectivity index (χ0v) is 32.0. The molecule has 0 aromatic heterocycles. The first-order chi connectivity index (χ1) is 25.6. The lowest BCUT2D eigenvalue weighted by Crippen LogP contribution is -2.62. The molecule has 4 aliphatic carbocycles. The summed E-state index contributed by atoms with van der Waals surface area (Å²) in [4.78, 5) is 13.5. The Hall–Kier alpha value is -2.01. The number of rotatable bonds is 9. The van der Waals surface area contributed by atoms with E-state index in [1.807, 2.05) is 6.07 Å². The fourth-order valence-corrected chi connectivity index (χ4v) is 11.7. The first-order valence-electron chi connectivity index (χ1n) is 19.7. The Morgan fingerprint density at radius 3 is 2.26 bits per heavy atom. The quantitative estimate of drug-likeness (QED) is 0.180. The maximum atomic E-state index is 13.5. The average molecular weight is 761 g/mol. The Morgan fingerprint density at radius 1 is 0.889 bits per heavy atom. The lowest BCUT2D eigenvalue weighted by atomic mass is 9.47. The van der Waals surface area contributed by atoms with Gasteiger partial charge in [0, 0.05) is 5.92 Å². The van der Waals surface area contributed by atoms with Gasteiger partial charge in [-0.2, -0.15) is 0 Å². The van der Waals surface area contributed by atoms with Crippen LogP contribution in [0.5, 0.6) is 5.75 Å². The van der Waals surface area contributed by atoms with Gasteiger partial charge in [-0.05, 0) is 117 Å². The number of benzene rings is 1. The smallest absolute Gasteiger partial charge is 0.186 e. The molecule has 7 N–H and O–H groups in total. The van der Waals surface area contributed by atoms with Gasteiger partial charge in [-0.25, -0.2) is 0 Å². The number of hydrogen-bond donors (Lipinski definition) is 7. The second-order valence-electron chi connectivity index (χ2n) is 17.5. The third-order valence-corrected chi connectivity index (χ3v) is 14.7. The van der Waals surface area contributed by atoms with Gasteiger partial charge in [0.2, 0.25) is 0 Å². The second-order valence-corrected chi connectivity index (χ2v) is 17.5. The maximum absolute atomic E-state index is 13.5. The molecule has 5 fully saturated rings. The normalized spacial score (nSPS) is 47.6. The van der Waals surface area contributed by atoms with Crippen molar-refractivity contribution in [2.45, 2.75) is 146 Å². The Labute approximate surface area is 317 Å².